The number of anilines is 1. The molecule has 2 rings (SSSR count). The predicted molar refractivity (Wildman–Crippen MR) is 62.5 cm³/mol. The molecule has 0 radical (unpaired) electrons. The zero-order valence-electron chi connectivity index (χ0n) is 9.58. The molecule has 98 valence electrons. The summed E-state index contributed by atoms with van der Waals surface area (Å²) in [6.45, 7) is 1.54. The van der Waals surface area contributed by atoms with Gasteiger partial charge in [-0.1, -0.05) is 0 Å². The number of nitro groups is 1. The van der Waals surface area contributed by atoms with E-state index in [0.29, 0.717) is 6.07 Å². The Morgan fingerprint density at radius 3 is 2.61 bits per heavy atom. The molecule has 1 aromatic carbocycles. The van der Waals surface area contributed by atoms with E-state index >= 15 is 0 Å². The molecule has 7 heteroatoms. The standard InChI is InChI=1S/C11H13F2N3O2/c12-7-5-9(13)11(10(6-7)16(17)18)15-8-1-3-14-4-2-8/h5-6,8,14-15H,1-4H2. The van der Waals surface area contributed by atoms with Gasteiger partial charge < -0.3 is 10.6 Å². The van der Waals surface area contributed by atoms with Crippen molar-refractivity contribution < 1.29 is 13.7 Å². The van der Waals surface area contributed by atoms with Gasteiger partial charge in [-0.05, 0) is 25.9 Å². The Morgan fingerprint density at radius 2 is 2.00 bits per heavy atom. The van der Waals surface area contributed by atoms with E-state index in [9.17, 15) is 18.9 Å². The summed E-state index contributed by atoms with van der Waals surface area (Å²) < 4.78 is 26.6. The molecule has 5 nitrogen and oxygen atoms in total. The van der Waals surface area contributed by atoms with Crippen molar-refractivity contribution >= 4 is 11.4 Å². The van der Waals surface area contributed by atoms with Gasteiger partial charge in [0.05, 0.1) is 11.0 Å². The van der Waals surface area contributed by atoms with Crippen molar-refractivity contribution in [3.63, 3.8) is 0 Å². The largest absolute Gasteiger partial charge is 0.374 e. The van der Waals surface area contributed by atoms with Crippen molar-refractivity contribution in [2.75, 3.05) is 18.4 Å². The monoisotopic (exact) mass is 257 g/mol. The first-order chi connectivity index (χ1) is 8.58. The van der Waals surface area contributed by atoms with Crippen LogP contribution in [0.3, 0.4) is 0 Å². The second kappa shape index (κ2) is 5.26. The van der Waals surface area contributed by atoms with Crippen molar-refractivity contribution in [1.29, 1.82) is 0 Å². The Morgan fingerprint density at radius 1 is 1.33 bits per heavy atom. The van der Waals surface area contributed by atoms with Crippen LogP contribution in [0.2, 0.25) is 0 Å². The SMILES string of the molecule is O=[N+]([O-])c1cc(F)cc(F)c1NC1CCNCC1. The number of nitrogens with zero attached hydrogens (tertiary/aromatic N) is 1. The Balaban J connectivity index is 2.27. The molecule has 0 atom stereocenters. The maximum absolute atomic E-state index is 13.6. The van der Waals surface area contributed by atoms with Gasteiger partial charge in [-0.15, -0.1) is 0 Å². The Kier molecular flexibility index (Phi) is 3.71. The maximum Gasteiger partial charge on any atom is 0.298 e. The van der Waals surface area contributed by atoms with Crippen LogP contribution in [0.25, 0.3) is 0 Å². The third kappa shape index (κ3) is 2.73. The molecule has 0 aromatic heterocycles. The van der Waals surface area contributed by atoms with Crippen molar-refractivity contribution in [3.8, 4) is 0 Å². The minimum atomic E-state index is -0.949. The fraction of sp³-hybridized carbons (Fsp3) is 0.455. The van der Waals surface area contributed by atoms with E-state index in [-0.39, 0.29) is 11.7 Å². The number of hydrogen-bond donors (Lipinski definition) is 2. The molecule has 0 amide bonds. The number of nitro benzene ring substituents is 1. The number of benzene rings is 1. The summed E-state index contributed by atoms with van der Waals surface area (Å²) in [7, 11) is 0. The van der Waals surface area contributed by atoms with E-state index in [4.69, 9.17) is 0 Å². The molecule has 1 heterocycles. The van der Waals surface area contributed by atoms with E-state index < -0.39 is 22.2 Å². The third-order valence-corrected chi connectivity index (χ3v) is 2.92. The van der Waals surface area contributed by atoms with E-state index in [0.717, 1.165) is 32.0 Å². The molecular weight excluding hydrogens is 244 g/mol. The number of nitrogens with one attached hydrogen (secondary N) is 2. The van der Waals surface area contributed by atoms with Crippen LogP contribution in [0.1, 0.15) is 12.8 Å². The number of halogens is 2. The van der Waals surface area contributed by atoms with Crippen LogP contribution in [0.5, 0.6) is 0 Å². The summed E-state index contributed by atoms with van der Waals surface area (Å²) in [5.41, 5.74) is -0.792. The quantitative estimate of drug-likeness (QED) is 0.642. The molecule has 1 fully saturated rings. The molecular formula is C11H13F2N3O2. The van der Waals surface area contributed by atoms with Crippen LogP contribution in [0.4, 0.5) is 20.2 Å². The van der Waals surface area contributed by atoms with E-state index in [1.807, 2.05) is 0 Å². The topological polar surface area (TPSA) is 67.2 Å². The lowest BCUT2D eigenvalue weighted by atomic mass is 10.1. The minimum absolute atomic E-state index is 0.0371. The zero-order chi connectivity index (χ0) is 13.1. The van der Waals surface area contributed by atoms with Crippen molar-refractivity contribution in [1.82, 2.24) is 5.32 Å². The Bertz CT molecular complexity index is 462. The Hall–Kier alpha value is -1.76. The van der Waals surface area contributed by atoms with Crippen LogP contribution in [-0.4, -0.2) is 24.1 Å². The molecule has 1 saturated heterocycles. The number of rotatable bonds is 3. The number of hydrogen-bond acceptors (Lipinski definition) is 4. The molecule has 1 aliphatic rings. The third-order valence-electron chi connectivity index (χ3n) is 2.92. The van der Waals surface area contributed by atoms with Gasteiger partial charge in [0.25, 0.3) is 5.69 Å². The van der Waals surface area contributed by atoms with Gasteiger partial charge in [-0.3, -0.25) is 10.1 Å². The van der Waals surface area contributed by atoms with E-state index in [2.05, 4.69) is 10.6 Å². The molecule has 0 unspecified atom stereocenters. The van der Waals surface area contributed by atoms with Crippen molar-refractivity contribution in [3.05, 3.63) is 33.9 Å². The molecule has 1 aliphatic heterocycles. The van der Waals surface area contributed by atoms with Crippen LogP contribution in [0.15, 0.2) is 12.1 Å². The first kappa shape index (κ1) is 12.7. The van der Waals surface area contributed by atoms with Gasteiger partial charge in [0.15, 0.2) is 5.82 Å². The van der Waals surface area contributed by atoms with Crippen LogP contribution in [-0.2, 0) is 0 Å². The summed E-state index contributed by atoms with van der Waals surface area (Å²) in [5.74, 6) is -1.88. The van der Waals surface area contributed by atoms with Crippen LogP contribution < -0.4 is 10.6 Å². The smallest absolute Gasteiger partial charge is 0.298 e. The summed E-state index contributed by atoms with van der Waals surface area (Å²) in [6, 6.07) is 1.34. The van der Waals surface area contributed by atoms with Gasteiger partial charge in [-0.25, -0.2) is 8.78 Å². The summed E-state index contributed by atoms with van der Waals surface area (Å²) >= 11 is 0. The normalized spacial score (nSPS) is 16.6. The van der Waals surface area contributed by atoms with Crippen molar-refractivity contribution in [2.45, 2.75) is 18.9 Å². The number of piperidine rings is 1. The molecule has 2 N–H and O–H groups in total. The lowest BCUT2D eigenvalue weighted by Crippen LogP contribution is -2.35. The Labute approximate surface area is 102 Å². The fourth-order valence-corrected chi connectivity index (χ4v) is 2.02. The molecule has 0 saturated carbocycles. The molecule has 0 bridgehead atoms. The van der Waals surface area contributed by atoms with E-state index in [1.54, 1.807) is 0 Å². The van der Waals surface area contributed by atoms with Gasteiger partial charge in [0.1, 0.15) is 11.5 Å². The van der Waals surface area contributed by atoms with Gasteiger partial charge >= 0.3 is 0 Å². The van der Waals surface area contributed by atoms with Gasteiger partial charge in [0, 0.05) is 12.1 Å². The zero-order valence-corrected chi connectivity index (χ0v) is 9.58. The predicted octanol–water partition coefficient (Wildman–Crippen LogP) is 2.04. The fourth-order valence-electron chi connectivity index (χ4n) is 2.02. The maximum atomic E-state index is 13.6. The van der Waals surface area contributed by atoms with Gasteiger partial charge in [0.2, 0.25) is 0 Å². The average molecular weight is 257 g/mol. The van der Waals surface area contributed by atoms with Crippen molar-refractivity contribution in [2.24, 2.45) is 0 Å². The van der Waals surface area contributed by atoms with Crippen LogP contribution in [0, 0.1) is 21.7 Å². The lowest BCUT2D eigenvalue weighted by molar-refractivity contribution is -0.384. The molecule has 0 spiro atoms. The molecule has 0 aliphatic carbocycles. The molecule has 1 aromatic rings. The highest BCUT2D eigenvalue weighted by atomic mass is 19.1. The highest BCUT2D eigenvalue weighted by molar-refractivity contribution is 5.63. The first-order valence-corrected chi connectivity index (χ1v) is 5.68. The second-order valence-electron chi connectivity index (χ2n) is 4.21. The summed E-state index contributed by atoms with van der Waals surface area (Å²) in [4.78, 5) is 10.0. The van der Waals surface area contributed by atoms with Crippen LogP contribution >= 0.6 is 0 Å². The van der Waals surface area contributed by atoms with Gasteiger partial charge in [-0.2, -0.15) is 0 Å². The van der Waals surface area contributed by atoms with E-state index in [1.165, 1.54) is 0 Å². The summed E-state index contributed by atoms with van der Waals surface area (Å²) in [5, 5.41) is 16.7. The second-order valence-corrected chi connectivity index (χ2v) is 4.21. The average Bonchev–Trinajstić information content (AvgIpc) is 2.33. The highest BCUT2D eigenvalue weighted by Crippen LogP contribution is 2.30. The summed E-state index contributed by atoms with van der Waals surface area (Å²) in [6.07, 6.45) is 1.49. The molecule has 18 heavy (non-hydrogen) atoms. The lowest BCUT2D eigenvalue weighted by Gasteiger charge is -2.24. The first-order valence-electron chi connectivity index (χ1n) is 5.68. The minimum Gasteiger partial charge on any atom is -0.374 e. The highest BCUT2D eigenvalue weighted by Gasteiger charge is 2.23.